The van der Waals surface area contributed by atoms with Crippen LogP contribution < -0.4 is 10.6 Å². The quantitative estimate of drug-likeness (QED) is 0.843. The second-order valence-corrected chi connectivity index (χ2v) is 5.13. The Balaban J connectivity index is 2.05. The van der Waals surface area contributed by atoms with E-state index in [0.29, 0.717) is 11.4 Å². The van der Waals surface area contributed by atoms with E-state index in [2.05, 4.69) is 40.9 Å². The third kappa shape index (κ3) is 2.34. The van der Waals surface area contributed by atoms with Crippen LogP contribution in [0.15, 0.2) is 12.4 Å². The predicted molar refractivity (Wildman–Crippen MR) is 70.0 cm³/mol. The van der Waals surface area contributed by atoms with Gasteiger partial charge in [0.05, 0.1) is 12.4 Å². The normalized spacial score (nSPS) is 17.9. The van der Waals surface area contributed by atoms with E-state index in [1.807, 2.05) is 0 Å². The molecule has 1 fully saturated rings. The first kappa shape index (κ1) is 12.1. The van der Waals surface area contributed by atoms with Crippen molar-refractivity contribution in [3.63, 3.8) is 0 Å². The Morgan fingerprint density at radius 2 is 1.94 bits per heavy atom. The highest BCUT2D eigenvalue weighted by Gasteiger charge is 2.40. The van der Waals surface area contributed by atoms with Crippen LogP contribution in [0, 0.1) is 0 Å². The Bertz CT molecular complexity index is 369. The van der Waals surface area contributed by atoms with Crippen molar-refractivity contribution in [2.75, 3.05) is 38.3 Å². The zero-order chi connectivity index (χ0) is 12.5. The van der Waals surface area contributed by atoms with Crippen molar-refractivity contribution >= 4 is 11.6 Å². The van der Waals surface area contributed by atoms with Crippen LogP contribution in [0.4, 0.5) is 11.6 Å². The van der Waals surface area contributed by atoms with E-state index in [1.165, 1.54) is 19.3 Å². The predicted octanol–water partition coefficient (Wildman–Crippen LogP) is 0.979. The molecule has 0 aliphatic heterocycles. The van der Waals surface area contributed by atoms with Gasteiger partial charge in [0.15, 0.2) is 0 Å². The van der Waals surface area contributed by atoms with Gasteiger partial charge in [0, 0.05) is 19.1 Å². The third-order valence-corrected chi connectivity index (χ3v) is 3.81. The highest BCUT2D eigenvalue weighted by Crippen LogP contribution is 2.37. The Kier molecular flexibility index (Phi) is 3.19. The van der Waals surface area contributed by atoms with E-state index in [-0.39, 0.29) is 0 Å². The second kappa shape index (κ2) is 4.49. The molecule has 0 atom stereocenters. The zero-order valence-electron chi connectivity index (χ0n) is 10.8. The molecule has 2 rings (SSSR count). The number of rotatable bonds is 4. The summed E-state index contributed by atoms with van der Waals surface area (Å²) >= 11 is 0. The summed E-state index contributed by atoms with van der Waals surface area (Å²) in [5.74, 6) is 1.35. The minimum Gasteiger partial charge on any atom is -0.382 e. The lowest BCUT2D eigenvalue weighted by Crippen LogP contribution is -2.56. The monoisotopic (exact) mass is 235 g/mol. The van der Waals surface area contributed by atoms with Gasteiger partial charge in [-0.15, -0.1) is 0 Å². The van der Waals surface area contributed by atoms with Crippen LogP contribution in [0.25, 0.3) is 0 Å². The van der Waals surface area contributed by atoms with Gasteiger partial charge in [-0.05, 0) is 33.4 Å². The first-order valence-electron chi connectivity index (χ1n) is 6.00. The molecule has 0 spiro atoms. The maximum Gasteiger partial charge on any atom is 0.147 e. The Labute approximate surface area is 103 Å². The van der Waals surface area contributed by atoms with Crippen molar-refractivity contribution in [2.45, 2.75) is 24.8 Å². The first-order valence-corrected chi connectivity index (χ1v) is 6.00. The van der Waals surface area contributed by atoms with E-state index in [1.54, 1.807) is 12.4 Å². The molecule has 5 heteroatoms. The SMILES string of the molecule is CN(CC1(N(C)C)CCC1)c1cnc(N)cn1. The van der Waals surface area contributed by atoms with Gasteiger partial charge in [0.25, 0.3) is 0 Å². The fourth-order valence-corrected chi connectivity index (χ4v) is 2.38. The molecule has 1 saturated carbocycles. The average molecular weight is 235 g/mol. The fraction of sp³-hybridized carbons (Fsp3) is 0.667. The summed E-state index contributed by atoms with van der Waals surface area (Å²) in [6.07, 6.45) is 7.17. The molecule has 0 aromatic carbocycles. The molecule has 0 bridgehead atoms. The molecular formula is C12H21N5. The molecule has 5 nitrogen and oxygen atoms in total. The number of nitrogen functional groups attached to an aromatic ring is 1. The Morgan fingerprint density at radius 1 is 1.24 bits per heavy atom. The number of nitrogens with zero attached hydrogens (tertiary/aromatic N) is 4. The zero-order valence-corrected chi connectivity index (χ0v) is 10.8. The van der Waals surface area contributed by atoms with Crippen molar-refractivity contribution in [2.24, 2.45) is 0 Å². The van der Waals surface area contributed by atoms with Gasteiger partial charge in [-0.3, -0.25) is 0 Å². The summed E-state index contributed by atoms with van der Waals surface area (Å²) in [6.45, 7) is 0.985. The van der Waals surface area contributed by atoms with Crippen LogP contribution in [0.3, 0.4) is 0 Å². The summed E-state index contributed by atoms with van der Waals surface area (Å²) in [7, 11) is 6.37. The number of likely N-dealkylation sites (N-methyl/N-ethyl adjacent to an activating group) is 2. The minimum absolute atomic E-state index is 0.303. The molecule has 0 radical (unpaired) electrons. The standard InChI is InChI=1S/C12H21N5/c1-16(2)12(5-4-6-12)9-17(3)11-8-14-10(13)7-15-11/h7-8H,4-6,9H2,1-3H3,(H2,13,14). The van der Waals surface area contributed by atoms with E-state index in [9.17, 15) is 0 Å². The summed E-state index contributed by atoms with van der Waals surface area (Å²) < 4.78 is 0. The minimum atomic E-state index is 0.303. The highest BCUT2D eigenvalue weighted by molar-refractivity contribution is 5.39. The molecule has 1 aliphatic rings. The van der Waals surface area contributed by atoms with Crippen molar-refractivity contribution in [1.29, 1.82) is 0 Å². The Hall–Kier alpha value is -1.36. The van der Waals surface area contributed by atoms with Gasteiger partial charge >= 0.3 is 0 Å². The number of anilines is 2. The lowest BCUT2D eigenvalue weighted by atomic mass is 9.75. The van der Waals surface area contributed by atoms with E-state index >= 15 is 0 Å². The van der Waals surface area contributed by atoms with Crippen LogP contribution >= 0.6 is 0 Å². The smallest absolute Gasteiger partial charge is 0.147 e. The van der Waals surface area contributed by atoms with Crippen molar-refractivity contribution in [3.8, 4) is 0 Å². The number of aromatic nitrogens is 2. The van der Waals surface area contributed by atoms with Gasteiger partial charge in [-0.25, -0.2) is 9.97 Å². The highest BCUT2D eigenvalue weighted by atomic mass is 15.3. The van der Waals surface area contributed by atoms with Crippen LogP contribution in [0.1, 0.15) is 19.3 Å². The van der Waals surface area contributed by atoms with Crippen LogP contribution in [-0.4, -0.2) is 48.1 Å². The van der Waals surface area contributed by atoms with Crippen molar-refractivity contribution in [1.82, 2.24) is 14.9 Å². The van der Waals surface area contributed by atoms with Crippen LogP contribution in [0.2, 0.25) is 0 Å². The average Bonchev–Trinajstić information content (AvgIpc) is 2.23. The number of nitrogens with two attached hydrogens (primary N) is 1. The third-order valence-electron chi connectivity index (χ3n) is 3.81. The van der Waals surface area contributed by atoms with Gasteiger partial charge in [0.2, 0.25) is 0 Å². The van der Waals surface area contributed by atoms with Crippen LogP contribution in [-0.2, 0) is 0 Å². The molecule has 17 heavy (non-hydrogen) atoms. The van der Waals surface area contributed by atoms with Crippen molar-refractivity contribution in [3.05, 3.63) is 12.4 Å². The summed E-state index contributed by atoms with van der Waals surface area (Å²) in [5, 5.41) is 0. The maximum absolute atomic E-state index is 5.54. The number of hydrogen-bond acceptors (Lipinski definition) is 5. The molecule has 1 aromatic rings. The lowest BCUT2D eigenvalue weighted by Gasteiger charge is -2.49. The fourth-order valence-electron chi connectivity index (χ4n) is 2.38. The summed E-state index contributed by atoms with van der Waals surface area (Å²) in [6, 6.07) is 0. The largest absolute Gasteiger partial charge is 0.382 e. The van der Waals surface area contributed by atoms with E-state index < -0.39 is 0 Å². The van der Waals surface area contributed by atoms with Gasteiger partial charge in [0.1, 0.15) is 11.6 Å². The molecule has 0 amide bonds. The van der Waals surface area contributed by atoms with E-state index in [4.69, 9.17) is 5.73 Å². The van der Waals surface area contributed by atoms with Gasteiger partial charge in [-0.1, -0.05) is 0 Å². The molecule has 0 saturated heterocycles. The molecule has 1 heterocycles. The molecule has 1 aliphatic carbocycles. The maximum atomic E-state index is 5.54. The first-order chi connectivity index (χ1) is 8.03. The molecule has 0 unspecified atom stereocenters. The summed E-state index contributed by atoms with van der Waals surface area (Å²) in [4.78, 5) is 12.9. The topological polar surface area (TPSA) is 58.3 Å². The van der Waals surface area contributed by atoms with Gasteiger partial charge in [-0.2, -0.15) is 0 Å². The van der Waals surface area contributed by atoms with Crippen molar-refractivity contribution < 1.29 is 0 Å². The van der Waals surface area contributed by atoms with Gasteiger partial charge < -0.3 is 15.5 Å². The molecule has 1 aromatic heterocycles. The molecule has 2 N–H and O–H groups in total. The van der Waals surface area contributed by atoms with Crippen LogP contribution in [0.5, 0.6) is 0 Å². The van der Waals surface area contributed by atoms with E-state index in [0.717, 1.165) is 12.4 Å². The lowest BCUT2D eigenvalue weighted by molar-refractivity contribution is 0.0681. The molecular weight excluding hydrogens is 214 g/mol. The Morgan fingerprint density at radius 3 is 2.35 bits per heavy atom. The summed E-state index contributed by atoms with van der Waals surface area (Å²) in [5.41, 5.74) is 5.84. The molecule has 94 valence electrons. The number of hydrogen-bond donors (Lipinski definition) is 1. The second-order valence-electron chi connectivity index (χ2n) is 5.13.